The first-order chi connectivity index (χ1) is 4.54. The standard InChI is InChI=1S/C6H19N3Si/c1-7-10(5,8-2)6-9(3)4/h7-8H,6H2,1-5H3. The molecule has 0 unspecified atom stereocenters. The van der Waals surface area contributed by atoms with Gasteiger partial charge in [0.15, 0.2) is 0 Å². The van der Waals surface area contributed by atoms with Crippen LogP contribution in [-0.4, -0.2) is 47.7 Å². The highest BCUT2D eigenvalue weighted by molar-refractivity contribution is 6.73. The van der Waals surface area contributed by atoms with Crippen LogP contribution < -0.4 is 9.96 Å². The summed E-state index contributed by atoms with van der Waals surface area (Å²) in [6.45, 7) is 2.27. The summed E-state index contributed by atoms with van der Waals surface area (Å²) < 4.78 is 0. The van der Waals surface area contributed by atoms with Gasteiger partial charge in [-0.2, -0.15) is 0 Å². The Morgan fingerprint density at radius 2 is 1.60 bits per heavy atom. The van der Waals surface area contributed by atoms with Crippen molar-refractivity contribution in [3.05, 3.63) is 0 Å². The molecule has 62 valence electrons. The predicted octanol–water partition coefficient (Wildman–Crippen LogP) is -0.402. The first-order valence-electron chi connectivity index (χ1n) is 3.56. The lowest BCUT2D eigenvalue weighted by Crippen LogP contribution is -2.63. The largest absolute Gasteiger partial charge is 0.328 e. The first-order valence-corrected chi connectivity index (χ1v) is 6.27. The van der Waals surface area contributed by atoms with Crippen LogP contribution in [0.1, 0.15) is 0 Å². The molecule has 0 aliphatic carbocycles. The minimum absolute atomic E-state index is 1.12. The topological polar surface area (TPSA) is 27.3 Å². The van der Waals surface area contributed by atoms with Crippen LogP contribution in [0.5, 0.6) is 0 Å². The van der Waals surface area contributed by atoms with Gasteiger partial charge in [0.25, 0.3) is 0 Å². The molecule has 0 aromatic carbocycles. The third-order valence-corrected chi connectivity index (χ3v) is 5.21. The number of hydrogen-bond donors (Lipinski definition) is 2. The van der Waals surface area contributed by atoms with Gasteiger partial charge in [-0.25, -0.2) is 0 Å². The summed E-state index contributed by atoms with van der Waals surface area (Å²) in [6, 6.07) is 0. The van der Waals surface area contributed by atoms with Crippen LogP contribution in [0.4, 0.5) is 0 Å². The maximum Gasteiger partial charge on any atom is 0.212 e. The van der Waals surface area contributed by atoms with E-state index in [0.717, 1.165) is 6.17 Å². The summed E-state index contributed by atoms with van der Waals surface area (Å²) in [5.74, 6) is 0. The number of nitrogens with one attached hydrogen (secondary N) is 2. The lowest BCUT2D eigenvalue weighted by atomic mass is 11.0. The van der Waals surface area contributed by atoms with Crippen LogP contribution >= 0.6 is 0 Å². The van der Waals surface area contributed by atoms with E-state index in [9.17, 15) is 0 Å². The first kappa shape index (κ1) is 10.1. The van der Waals surface area contributed by atoms with E-state index in [1.165, 1.54) is 0 Å². The summed E-state index contributed by atoms with van der Waals surface area (Å²) in [4.78, 5) is 8.90. The van der Waals surface area contributed by atoms with Crippen LogP contribution in [0.2, 0.25) is 6.55 Å². The van der Waals surface area contributed by atoms with Crippen molar-refractivity contribution in [3.8, 4) is 0 Å². The van der Waals surface area contributed by atoms with Crippen LogP contribution in [0.15, 0.2) is 0 Å². The van der Waals surface area contributed by atoms with Crippen LogP contribution in [-0.2, 0) is 0 Å². The summed E-state index contributed by atoms with van der Waals surface area (Å²) in [6.07, 6.45) is 1.12. The van der Waals surface area contributed by atoms with Crippen molar-refractivity contribution in [1.29, 1.82) is 0 Å². The molecule has 0 amide bonds. The fourth-order valence-electron chi connectivity index (χ4n) is 0.916. The van der Waals surface area contributed by atoms with Crippen molar-refractivity contribution in [3.63, 3.8) is 0 Å². The minimum Gasteiger partial charge on any atom is -0.328 e. The maximum atomic E-state index is 3.35. The van der Waals surface area contributed by atoms with Gasteiger partial charge in [0, 0.05) is 6.17 Å². The second-order valence-corrected chi connectivity index (χ2v) is 7.05. The summed E-state index contributed by atoms with van der Waals surface area (Å²) >= 11 is 0. The zero-order valence-electron chi connectivity index (χ0n) is 7.65. The van der Waals surface area contributed by atoms with Crippen molar-refractivity contribution < 1.29 is 0 Å². The van der Waals surface area contributed by atoms with Gasteiger partial charge in [-0.05, 0) is 34.7 Å². The van der Waals surface area contributed by atoms with Crippen molar-refractivity contribution in [2.24, 2.45) is 0 Å². The normalized spacial score (nSPS) is 12.6. The lowest BCUT2D eigenvalue weighted by molar-refractivity contribution is 0.463. The van der Waals surface area contributed by atoms with Gasteiger partial charge in [-0.1, -0.05) is 0 Å². The van der Waals surface area contributed by atoms with Crippen LogP contribution in [0.3, 0.4) is 0 Å². The minimum atomic E-state index is -1.33. The Kier molecular flexibility index (Phi) is 4.11. The van der Waals surface area contributed by atoms with E-state index in [2.05, 4.69) is 35.5 Å². The second kappa shape index (κ2) is 4.08. The third kappa shape index (κ3) is 3.31. The molecule has 0 aliphatic rings. The van der Waals surface area contributed by atoms with Gasteiger partial charge in [-0.3, -0.25) is 0 Å². The lowest BCUT2D eigenvalue weighted by Gasteiger charge is -2.28. The Balaban J connectivity index is 3.80. The van der Waals surface area contributed by atoms with Gasteiger partial charge in [0.05, 0.1) is 0 Å². The van der Waals surface area contributed by atoms with Gasteiger partial charge in [0.1, 0.15) is 0 Å². The van der Waals surface area contributed by atoms with Crippen molar-refractivity contribution in [1.82, 2.24) is 14.9 Å². The molecule has 0 fully saturated rings. The maximum absolute atomic E-state index is 3.35. The van der Waals surface area contributed by atoms with Crippen LogP contribution in [0.25, 0.3) is 0 Å². The van der Waals surface area contributed by atoms with Gasteiger partial charge in [0.2, 0.25) is 8.40 Å². The molecule has 0 saturated heterocycles. The molecule has 0 aromatic heterocycles. The van der Waals surface area contributed by atoms with E-state index >= 15 is 0 Å². The van der Waals surface area contributed by atoms with E-state index in [1.54, 1.807) is 0 Å². The number of hydrogen-bond acceptors (Lipinski definition) is 3. The smallest absolute Gasteiger partial charge is 0.212 e. The highest BCUT2D eigenvalue weighted by Crippen LogP contribution is 1.91. The van der Waals surface area contributed by atoms with Crippen molar-refractivity contribution in [2.75, 3.05) is 34.4 Å². The van der Waals surface area contributed by atoms with Crippen LogP contribution in [0, 0.1) is 0 Å². The zero-order chi connectivity index (χ0) is 8.20. The molecule has 0 rings (SSSR count). The second-order valence-electron chi connectivity index (χ2n) is 3.07. The predicted molar refractivity (Wildman–Crippen MR) is 48.3 cm³/mol. The highest BCUT2D eigenvalue weighted by Gasteiger charge is 2.23. The molecule has 0 radical (unpaired) electrons. The average molecular weight is 161 g/mol. The Morgan fingerprint density at radius 1 is 1.20 bits per heavy atom. The summed E-state index contributed by atoms with van der Waals surface area (Å²) in [5.41, 5.74) is 0. The molecule has 0 heterocycles. The van der Waals surface area contributed by atoms with E-state index < -0.39 is 8.40 Å². The fraction of sp³-hybridized carbons (Fsp3) is 1.00. The molecule has 0 atom stereocenters. The molecule has 0 spiro atoms. The molecular weight excluding hydrogens is 142 g/mol. The Labute approximate surface area is 65.0 Å². The molecule has 3 nitrogen and oxygen atoms in total. The summed E-state index contributed by atoms with van der Waals surface area (Å²) in [5, 5.41) is 0. The fourth-order valence-corrected chi connectivity index (χ4v) is 2.75. The molecule has 0 bridgehead atoms. The average Bonchev–Trinajstić information content (AvgIpc) is 1.87. The molecule has 10 heavy (non-hydrogen) atoms. The SMILES string of the molecule is CN[Si](C)(CN(C)C)NC. The Bertz CT molecular complexity index is 91.0. The van der Waals surface area contributed by atoms with Crippen molar-refractivity contribution in [2.45, 2.75) is 6.55 Å². The van der Waals surface area contributed by atoms with E-state index in [4.69, 9.17) is 0 Å². The van der Waals surface area contributed by atoms with Gasteiger partial charge < -0.3 is 14.9 Å². The summed E-state index contributed by atoms with van der Waals surface area (Å²) in [7, 11) is 6.90. The molecular formula is C6H19N3Si. The van der Waals surface area contributed by atoms with E-state index in [1.807, 2.05) is 14.1 Å². The number of nitrogens with zero attached hydrogens (tertiary/aromatic N) is 1. The molecule has 0 aromatic rings. The highest BCUT2D eigenvalue weighted by atomic mass is 28.3. The molecule has 0 aliphatic heterocycles. The van der Waals surface area contributed by atoms with E-state index in [-0.39, 0.29) is 0 Å². The molecule has 0 saturated carbocycles. The zero-order valence-corrected chi connectivity index (χ0v) is 8.65. The Hall–Kier alpha value is 0.0969. The van der Waals surface area contributed by atoms with Gasteiger partial charge >= 0.3 is 0 Å². The molecule has 4 heteroatoms. The van der Waals surface area contributed by atoms with Gasteiger partial charge in [-0.15, -0.1) is 0 Å². The van der Waals surface area contributed by atoms with E-state index in [0.29, 0.717) is 0 Å². The monoisotopic (exact) mass is 161 g/mol. The molecule has 2 N–H and O–H groups in total. The van der Waals surface area contributed by atoms with Crippen molar-refractivity contribution >= 4 is 8.40 Å². The Morgan fingerprint density at radius 3 is 1.70 bits per heavy atom. The number of rotatable bonds is 4. The third-order valence-electron chi connectivity index (χ3n) is 1.74. The quantitative estimate of drug-likeness (QED) is 0.549.